The van der Waals surface area contributed by atoms with Gasteiger partial charge < -0.3 is 11.1 Å². The fraction of sp³-hybridized carbons (Fsp3) is 0.462. The van der Waals surface area contributed by atoms with E-state index < -0.39 is 11.6 Å². The Hall–Kier alpha value is -1.20. The highest BCUT2D eigenvalue weighted by Crippen LogP contribution is 2.25. The zero-order chi connectivity index (χ0) is 13.1. The van der Waals surface area contributed by atoms with Gasteiger partial charge >= 0.3 is 0 Å². The Morgan fingerprint density at radius 3 is 2.74 bits per heavy atom. The van der Waals surface area contributed by atoms with Gasteiger partial charge in [0.2, 0.25) is 5.91 Å². The van der Waals surface area contributed by atoms with Gasteiger partial charge in [-0.2, -0.15) is 0 Å². The van der Waals surface area contributed by atoms with Gasteiger partial charge in [0.15, 0.2) is 11.6 Å². The first kappa shape index (κ1) is 15.9. The summed E-state index contributed by atoms with van der Waals surface area (Å²) < 4.78 is 26.4. The average Bonchev–Trinajstić information content (AvgIpc) is 2.35. The van der Waals surface area contributed by atoms with Crippen LogP contribution in [0.2, 0.25) is 0 Å². The lowest BCUT2D eigenvalue weighted by atomic mass is 9.85. The normalized spacial score (nSPS) is 22.5. The third-order valence-corrected chi connectivity index (χ3v) is 3.30. The summed E-state index contributed by atoms with van der Waals surface area (Å²) in [6, 6.07) is 3.74. The van der Waals surface area contributed by atoms with E-state index in [0.717, 1.165) is 25.3 Å². The van der Waals surface area contributed by atoms with Crippen LogP contribution in [0.25, 0.3) is 0 Å². The van der Waals surface area contributed by atoms with E-state index in [1.165, 1.54) is 12.1 Å². The smallest absolute Gasteiger partial charge is 0.227 e. The molecule has 1 saturated carbocycles. The second-order valence-electron chi connectivity index (χ2n) is 4.71. The molecule has 0 saturated heterocycles. The molecule has 0 heterocycles. The maximum atomic E-state index is 13.4. The standard InChI is InChI=1S/C13H16F2N2O.ClH/c14-10-5-2-6-11(12(10)15)17-13(18)8-3-1-4-9(16)7-8;/h2,5-6,8-9H,1,3-4,7,16H2,(H,17,18);1H. The first-order valence-corrected chi connectivity index (χ1v) is 6.08. The van der Waals surface area contributed by atoms with Crippen molar-refractivity contribution in [2.75, 3.05) is 5.32 Å². The average molecular weight is 291 g/mol. The van der Waals surface area contributed by atoms with Gasteiger partial charge in [0, 0.05) is 12.0 Å². The van der Waals surface area contributed by atoms with Gasteiger partial charge in [-0.3, -0.25) is 4.79 Å². The van der Waals surface area contributed by atoms with Crippen LogP contribution in [0.5, 0.6) is 0 Å². The number of nitrogens with one attached hydrogen (secondary N) is 1. The van der Waals surface area contributed by atoms with Crippen LogP contribution in [0, 0.1) is 17.6 Å². The Morgan fingerprint density at radius 1 is 1.32 bits per heavy atom. The summed E-state index contributed by atoms with van der Waals surface area (Å²) in [5, 5.41) is 2.43. The molecule has 0 aromatic heterocycles. The largest absolute Gasteiger partial charge is 0.328 e. The number of carbonyl (C=O) groups is 1. The fourth-order valence-electron chi connectivity index (χ4n) is 2.30. The van der Waals surface area contributed by atoms with Crippen molar-refractivity contribution in [1.29, 1.82) is 0 Å². The Morgan fingerprint density at radius 2 is 2.05 bits per heavy atom. The molecule has 6 heteroatoms. The predicted molar refractivity (Wildman–Crippen MR) is 72.2 cm³/mol. The Kier molecular flexibility index (Phi) is 5.69. The van der Waals surface area contributed by atoms with E-state index in [4.69, 9.17) is 5.73 Å². The van der Waals surface area contributed by atoms with Crippen molar-refractivity contribution in [3.8, 4) is 0 Å². The SMILES string of the molecule is Cl.NC1CCCC(C(=O)Nc2cccc(F)c2F)C1. The van der Waals surface area contributed by atoms with Gasteiger partial charge in [0.1, 0.15) is 0 Å². The zero-order valence-corrected chi connectivity index (χ0v) is 11.2. The summed E-state index contributed by atoms with van der Waals surface area (Å²) in [7, 11) is 0. The first-order valence-electron chi connectivity index (χ1n) is 6.08. The van der Waals surface area contributed by atoms with Gasteiger partial charge in [-0.1, -0.05) is 12.5 Å². The van der Waals surface area contributed by atoms with E-state index in [2.05, 4.69) is 5.32 Å². The van der Waals surface area contributed by atoms with Crippen LogP contribution < -0.4 is 11.1 Å². The van der Waals surface area contributed by atoms with Gasteiger partial charge in [-0.05, 0) is 31.4 Å². The predicted octanol–water partition coefficient (Wildman–Crippen LogP) is 2.84. The molecule has 19 heavy (non-hydrogen) atoms. The van der Waals surface area contributed by atoms with Crippen LogP contribution in [0.1, 0.15) is 25.7 Å². The van der Waals surface area contributed by atoms with E-state index in [1.54, 1.807) is 0 Å². The number of carbonyl (C=O) groups excluding carboxylic acids is 1. The van der Waals surface area contributed by atoms with E-state index in [9.17, 15) is 13.6 Å². The highest BCUT2D eigenvalue weighted by Gasteiger charge is 2.26. The molecule has 3 N–H and O–H groups in total. The molecule has 2 atom stereocenters. The molecule has 3 nitrogen and oxygen atoms in total. The Balaban J connectivity index is 0.00000180. The quantitative estimate of drug-likeness (QED) is 0.880. The molecule has 1 aliphatic rings. The second kappa shape index (κ2) is 6.82. The molecule has 2 rings (SSSR count). The molecular formula is C13H17ClF2N2O. The summed E-state index contributed by atoms with van der Waals surface area (Å²) >= 11 is 0. The van der Waals surface area contributed by atoms with Crippen LogP contribution in [0.15, 0.2) is 18.2 Å². The van der Waals surface area contributed by atoms with Crippen LogP contribution in [0.4, 0.5) is 14.5 Å². The molecule has 2 unspecified atom stereocenters. The van der Waals surface area contributed by atoms with Crippen molar-refractivity contribution in [2.24, 2.45) is 11.7 Å². The summed E-state index contributed by atoms with van der Waals surface area (Å²) in [5.41, 5.74) is 5.68. The molecule has 106 valence electrons. The van der Waals surface area contributed by atoms with E-state index in [0.29, 0.717) is 6.42 Å². The minimum Gasteiger partial charge on any atom is -0.328 e. The Bertz CT molecular complexity index is 456. The molecule has 1 fully saturated rings. The highest BCUT2D eigenvalue weighted by molar-refractivity contribution is 5.92. The molecule has 1 aromatic carbocycles. The number of anilines is 1. The number of benzene rings is 1. The molecule has 0 aliphatic heterocycles. The number of hydrogen-bond acceptors (Lipinski definition) is 2. The summed E-state index contributed by atoms with van der Waals surface area (Å²) in [6.07, 6.45) is 3.15. The minimum atomic E-state index is -1.02. The Labute approximate surface area is 117 Å². The van der Waals surface area contributed by atoms with Crippen molar-refractivity contribution in [3.63, 3.8) is 0 Å². The van der Waals surface area contributed by atoms with Crippen LogP contribution in [-0.2, 0) is 4.79 Å². The summed E-state index contributed by atoms with van der Waals surface area (Å²) in [4.78, 5) is 11.9. The van der Waals surface area contributed by atoms with Crippen molar-refractivity contribution in [3.05, 3.63) is 29.8 Å². The molecule has 1 aliphatic carbocycles. The van der Waals surface area contributed by atoms with E-state index in [1.807, 2.05) is 0 Å². The zero-order valence-electron chi connectivity index (χ0n) is 10.4. The molecule has 0 spiro atoms. The number of amides is 1. The van der Waals surface area contributed by atoms with Crippen LogP contribution in [-0.4, -0.2) is 11.9 Å². The lowest BCUT2D eigenvalue weighted by molar-refractivity contribution is -0.120. The van der Waals surface area contributed by atoms with Crippen molar-refractivity contribution in [2.45, 2.75) is 31.7 Å². The fourth-order valence-corrected chi connectivity index (χ4v) is 2.30. The first-order chi connectivity index (χ1) is 8.58. The summed E-state index contributed by atoms with van der Waals surface area (Å²) in [6.45, 7) is 0. The van der Waals surface area contributed by atoms with Crippen molar-refractivity contribution in [1.82, 2.24) is 0 Å². The summed E-state index contributed by atoms with van der Waals surface area (Å²) in [5.74, 6) is -2.48. The maximum absolute atomic E-state index is 13.4. The molecular weight excluding hydrogens is 274 g/mol. The third kappa shape index (κ3) is 3.88. The maximum Gasteiger partial charge on any atom is 0.227 e. The van der Waals surface area contributed by atoms with Gasteiger partial charge in [-0.15, -0.1) is 12.4 Å². The number of halogens is 3. The molecule has 1 amide bonds. The number of nitrogens with two attached hydrogens (primary N) is 1. The lowest BCUT2D eigenvalue weighted by Gasteiger charge is -2.25. The highest BCUT2D eigenvalue weighted by atomic mass is 35.5. The van der Waals surface area contributed by atoms with Gasteiger partial charge in [-0.25, -0.2) is 8.78 Å². The van der Waals surface area contributed by atoms with Gasteiger partial charge in [0.25, 0.3) is 0 Å². The lowest BCUT2D eigenvalue weighted by Crippen LogP contribution is -2.34. The minimum absolute atomic E-state index is 0. The number of hydrogen-bond donors (Lipinski definition) is 2. The third-order valence-electron chi connectivity index (χ3n) is 3.30. The second-order valence-corrected chi connectivity index (χ2v) is 4.71. The van der Waals surface area contributed by atoms with Crippen LogP contribution in [0.3, 0.4) is 0 Å². The van der Waals surface area contributed by atoms with Gasteiger partial charge in [0.05, 0.1) is 5.69 Å². The van der Waals surface area contributed by atoms with Crippen molar-refractivity contribution < 1.29 is 13.6 Å². The van der Waals surface area contributed by atoms with Crippen LogP contribution >= 0.6 is 12.4 Å². The van der Waals surface area contributed by atoms with E-state index in [-0.39, 0.29) is 36.0 Å². The number of rotatable bonds is 2. The molecule has 0 radical (unpaired) electrons. The van der Waals surface area contributed by atoms with Crippen molar-refractivity contribution >= 4 is 24.0 Å². The monoisotopic (exact) mass is 290 g/mol. The molecule has 1 aromatic rings. The topological polar surface area (TPSA) is 55.1 Å². The molecule has 0 bridgehead atoms. The van der Waals surface area contributed by atoms with E-state index >= 15 is 0 Å².